The SMILES string of the molecule is Cn1nc2c(-c3ccc(Cl)cc3Cl)cccc2c1Cl. The van der Waals surface area contributed by atoms with Crippen LogP contribution >= 0.6 is 34.8 Å². The summed E-state index contributed by atoms with van der Waals surface area (Å²) >= 11 is 18.4. The van der Waals surface area contributed by atoms with Gasteiger partial charge in [0.1, 0.15) is 10.7 Å². The maximum atomic E-state index is 6.26. The largest absolute Gasteiger partial charge is 0.256 e. The van der Waals surface area contributed by atoms with Crippen LogP contribution in [0.1, 0.15) is 0 Å². The highest BCUT2D eigenvalue weighted by Gasteiger charge is 2.13. The minimum atomic E-state index is 0.599. The van der Waals surface area contributed by atoms with Gasteiger partial charge in [0, 0.05) is 33.6 Å². The van der Waals surface area contributed by atoms with Crippen LogP contribution in [-0.4, -0.2) is 9.78 Å². The summed E-state index contributed by atoms with van der Waals surface area (Å²) in [5, 5.41) is 7.18. The van der Waals surface area contributed by atoms with E-state index in [4.69, 9.17) is 34.8 Å². The van der Waals surface area contributed by atoms with Crippen molar-refractivity contribution in [1.29, 1.82) is 0 Å². The summed E-state index contributed by atoms with van der Waals surface area (Å²) in [5.41, 5.74) is 2.67. The number of hydrogen-bond acceptors (Lipinski definition) is 1. The van der Waals surface area contributed by atoms with E-state index in [9.17, 15) is 0 Å². The second-order valence-corrected chi connectivity index (χ2v) is 5.44. The third kappa shape index (κ3) is 2.10. The van der Waals surface area contributed by atoms with Gasteiger partial charge < -0.3 is 0 Å². The van der Waals surface area contributed by atoms with Crippen molar-refractivity contribution in [3.63, 3.8) is 0 Å². The zero-order valence-electron chi connectivity index (χ0n) is 9.99. The van der Waals surface area contributed by atoms with Crippen LogP contribution in [0.5, 0.6) is 0 Å². The lowest BCUT2D eigenvalue weighted by atomic mass is 10.0. The van der Waals surface area contributed by atoms with Crippen LogP contribution in [0.4, 0.5) is 0 Å². The molecule has 0 unspecified atom stereocenters. The lowest BCUT2D eigenvalue weighted by molar-refractivity contribution is 0.781. The molecule has 0 fully saturated rings. The van der Waals surface area contributed by atoms with Crippen molar-refractivity contribution < 1.29 is 0 Å². The summed E-state index contributed by atoms with van der Waals surface area (Å²) in [7, 11) is 1.82. The number of aromatic nitrogens is 2. The van der Waals surface area contributed by atoms with Crippen LogP contribution in [0, 0.1) is 0 Å². The van der Waals surface area contributed by atoms with Gasteiger partial charge in [0.15, 0.2) is 0 Å². The van der Waals surface area contributed by atoms with Crippen molar-refractivity contribution in [2.24, 2.45) is 7.05 Å². The van der Waals surface area contributed by atoms with Gasteiger partial charge in [-0.1, -0.05) is 53.0 Å². The van der Waals surface area contributed by atoms with Gasteiger partial charge in [-0.25, -0.2) is 0 Å². The second kappa shape index (κ2) is 4.71. The molecule has 1 heterocycles. The highest BCUT2D eigenvalue weighted by Crippen LogP contribution is 2.36. The Morgan fingerprint density at radius 3 is 2.53 bits per heavy atom. The van der Waals surface area contributed by atoms with Crippen molar-refractivity contribution in [1.82, 2.24) is 9.78 Å². The van der Waals surface area contributed by atoms with E-state index in [-0.39, 0.29) is 0 Å². The van der Waals surface area contributed by atoms with Gasteiger partial charge in [0.25, 0.3) is 0 Å². The number of nitrogens with zero attached hydrogens (tertiary/aromatic N) is 2. The highest BCUT2D eigenvalue weighted by atomic mass is 35.5. The molecule has 0 aliphatic rings. The topological polar surface area (TPSA) is 17.8 Å². The molecule has 0 aliphatic carbocycles. The first-order valence-electron chi connectivity index (χ1n) is 5.64. The smallest absolute Gasteiger partial charge is 0.134 e. The summed E-state index contributed by atoms with van der Waals surface area (Å²) in [5.74, 6) is 0. The van der Waals surface area contributed by atoms with Crippen molar-refractivity contribution in [3.8, 4) is 11.1 Å². The molecule has 0 amide bonds. The van der Waals surface area contributed by atoms with Gasteiger partial charge in [-0.15, -0.1) is 0 Å². The number of rotatable bonds is 1. The minimum Gasteiger partial charge on any atom is -0.256 e. The number of aryl methyl sites for hydroxylation is 1. The summed E-state index contributed by atoms with van der Waals surface area (Å²) in [6.07, 6.45) is 0. The molecule has 3 aromatic rings. The third-order valence-electron chi connectivity index (χ3n) is 3.01. The highest BCUT2D eigenvalue weighted by molar-refractivity contribution is 6.37. The fourth-order valence-electron chi connectivity index (χ4n) is 2.11. The molecule has 0 saturated carbocycles. The molecule has 0 radical (unpaired) electrons. The zero-order chi connectivity index (χ0) is 13.6. The average Bonchev–Trinajstić information content (AvgIpc) is 2.66. The molecule has 96 valence electrons. The molecule has 0 N–H and O–H groups in total. The quantitative estimate of drug-likeness (QED) is 0.604. The maximum Gasteiger partial charge on any atom is 0.134 e. The van der Waals surface area contributed by atoms with E-state index >= 15 is 0 Å². The first kappa shape index (κ1) is 12.8. The van der Waals surface area contributed by atoms with Gasteiger partial charge in [0.2, 0.25) is 0 Å². The Bertz CT molecular complexity index is 778. The van der Waals surface area contributed by atoms with E-state index in [0.717, 1.165) is 22.0 Å². The number of fused-ring (bicyclic) bond motifs is 1. The van der Waals surface area contributed by atoms with Crippen LogP contribution in [0.3, 0.4) is 0 Å². The Hall–Kier alpha value is -1.22. The predicted octanol–water partition coefficient (Wildman–Crippen LogP) is 5.20. The fourth-order valence-corrected chi connectivity index (χ4v) is 2.81. The Morgan fingerprint density at radius 2 is 1.79 bits per heavy atom. The van der Waals surface area contributed by atoms with Crippen LogP contribution in [0.2, 0.25) is 15.2 Å². The van der Waals surface area contributed by atoms with E-state index in [2.05, 4.69) is 5.10 Å². The van der Waals surface area contributed by atoms with Crippen molar-refractivity contribution in [2.75, 3.05) is 0 Å². The maximum absolute atomic E-state index is 6.26. The van der Waals surface area contributed by atoms with Gasteiger partial charge in [0.05, 0.1) is 0 Å². The zero-order valence-corrected chi connectivity index (χ0v) is 12.3. The lowest BCUT2D eigenvalue weighted by Gasteiger charge is -2.05. The Morgan fingerprint density at radius 1 is 1.00 bits per heavy atom. The standard InChI is InChI=1S/C14H9Cl3N2/c1-19-14(17)11-4-2-3-10(13(11)18-19)9-6-5-8(15)7-12(9)16/h2-7H,1H3. The van der Waals surface area contributed by atoms with Crippen molar-refractivity contribution >= 4 is 45.7 Å². The van der Waals surface area contributed by atoms with Gasteiger partial charge >= 0.3 is 0 Å². The third-order valence-corrected chi connectivity index (χ3v) is 4.01. The normalized spacial score (nSPS) is 11.2. The molecule has 2 aromatic carbocycles. The molecule has 0 bridgehead atoms. The molecule has 0 aliphatic heterocycles. The monoisotopic (exact) mass is 310 g/mol. The molecule has 19 heavy (non-hydrogen) atoms. The van der Waals surface area contributed by atoms with Gasteiger partial charge in [-0.2, -0.15) is 5.10 Å². The summed E-state index contributed by atoms with van der Waals surface area (Å²) in [4.78, 5) is 0. The molecular weight excluding hydrogens is 303 g/mol. The fraction of sp³-hybridized carbons (Fsp3) is 0.0714. The van der Waals surface area contributed by atoms with Gasteiger partial charge in [-0.05, 0) is 18.2 Å². The molecule has 5 heteroatoms. The molecule has 2 nitrogen and oxygen atoms in total. The Balaban J connectivity index is 2.33. The minimum absolute atomic E-state index is 0.599. The van der Waals surface area contributed by atoms with E-state index in [0.29, 0.717) is 15.2 Å². The summed E-state index contributed by atoms with van der Waals surface area (Å²) in [6.45, 7) is 0. The van der Waals surface area contributed by atoms with E-state index in [1.54, 1.807) is 10.7 Å². The summed E-state index contributed by atoms with van der Waals surface area (Å²) in [6, 6.07) is 11.3. The van der Waals surface area contributed by atoms with E-state index in [1.165, 1.54) is 0 Å². The Labute approximate surface area is 125 Å². The second-order valence-electron chi connectivity index (χ2n) is 4.24. The molecule has 3 rings (SSSR count). The van der Waals surface area contributed by atoms with Crippen molar-refractivity contribution in [3.05, 3.63) is 51.6 Å². The predicted molar refractivity (Wildman–Crippen MR) is 81.2 cm³/mol. The molecular formula is C14H9Cl3N2. The van der Waals surface area contributed by atoms with E-state index < -0.39 is 0 Å². The van der Waals surface area contributed by atoms with Gasteiger partial charge in [-0.3, -0.25) is 4.68 Å². The van der Waals surface area contributed by atoms with E-state index in [1.807, 2.05) is 37.4 Å². The Kier molecular flexibility index (Phi) is 3.17. The first-order valence-corrected chi connectivity index (χ1v) is 6.78. The molecule has 0 spiro atoms. The average molecular weight is 312 g/mol. The number of benzene rings is 2. The number of halogens is 3. The van der Waals surface area contributed by atoms with Crippen LogP contribution in [0.25, 0.3) is 22.0 Å². The number of hydrogen-bond donors (Lipinski definition) is 0. The van der Waals surface area contributed by atoms with Crippen LogP contribution < -0.4 is 0 Å². The summed E-state index contributed by atoms with van der Waals surface area (Å²) < 4.78 is 1.65. The van der Waals surface area contributed by atoms with Crippen LogP contribution in [-0.2, 0) is 7.05 Å². The molecule has 1 aromatic heterocycles. The van der Waals surface area contributed by atoms with Crippen LogP contribution in [0.15, 0.2) is 36.4 Å². The lowest BCUT2D eigenvalue weighted by Crippen LogP contribution is -1.89. The van der Waals surface area contributed by atoms with Crippen molar-refractivity contribution in [2.45, 2.75) is 0 Å². The first-order chi connectivity index (χ1) is 9.08. The molecule has 0 atom stereocenters. The molecule has 0 saturated heterocycles.